The van der Waals surface area contributed by atoms with Crippen molar-refractivity contribution in [2.75, 3.05) is 14.2 Å². The maximum absolute atomic E-state index is 10.3. The van der Waals surface area contributed by atoms with Gasteiger partial charge in [0.05, 0.1) is 0 Å². The van der Waals surface area contributed by atoms with Gasteiger partial charge in [0.25, 0.3) is 0 Å². The van der Waals surface area contributed by atoms with Gasteiger partial charge in [-0.1, -0.05) is 24.3 Å². The highest BCUT2D eigenvalue weighted by molar-refractivity contribution is 5.72. The third-order valence-electron chi connectivity index (χ3n) is 1.82. The average Bonchev–Trinajstić information content (AvgIpc) is 2.25. The van der Waals surface area contributed by atoms with Gasteiger partial charge in [0.2, 0.25) is 0 Å². The van der Waals surface area contributed by atoms with Crippen LogP contribution in [0, 0.1) is 0 Å². The molecule has 0 saturated heterocycles. The third-order valence-corrected chi connectivity index (χ3v) is 1.82. The highest BCUT2D eigenvalue weighted by Gasteiger charge is 2.04. The van der Waals surface area contributed by atoms with Gasteiger partial charge >= 0.3 is 0 Å². The van der Waals surface area contributed by atoms with Crippen LogP contribution in [0.25, 0.3) is 0 Å². The molecule has 0 N–H and O–H groups in total. The minimum Gasteiger partial charge on any atom is -0.352 e. The maximum atomic E-state index is 10.3. The minimum absolute atomic E-state index is 0.314. The van der Waals surface area contributed by atoms with Crippen molar-refractivity contribution in [3.05, 3.63) is 35.5 Å². The van der Waals surface area contributed by atoms with Crippen molar-refractivity contribution in [2.24, 2.45) is 0 Å². The lowest BCUT2D eigenvalue weighted by atomic mass is 10.2. The van der Waals surface area contributed by atoms with Crippen LogP contribution in [0.4, 0.5) is 0 Å². The molecule has 3 nitrogen and oxygen atoms in total. The Bertz CT molecular complexity index is 271. The van der Waals surface area contributed by atoms with Gasteiger partial charge in [-0.2, -0.15) is 0 Å². The van der Waals surface area contributed by atoms with Gasteiger partial charge in [0.1, 0.15) is 6.29 Å². The Morgan fingerprint density at radius 1 is 1.07 bits per heavy atom. The number of carbonyl (C=O) groups excluding carboxylic acids is 1. The molecule has 0 aromatic heterocycles. The number of hydrogen-bond acceptors (Lipinski definition) is 3. The van der Waals surface area contributed by atoms with Crippen LogP contribution >= 0.6 is 0 Å². The fourth-order valence-electron chi connectivity index (χ4n) is 1.00. The van der Waals surface area contributed by atoms with Crippen LogP contribution in [0.1, 0.15) is 13.8 Å². The minimum atomic E-state index is -0.314. The summed E-state index contributed by atoms with van der Waals surface area (Å²) in [6, 6.07) is 0. The third kappa shape index (κ3) is 5.99. The van der Waals surface area contributed by atoms with Crippen molar-refractivity contribution in [1.29, 1.82) is 0 Å². The molecule has 0 bridgehead atoms. The zero-order chi connectivity index (χ0) is 11.7. The van der Waals surface area contributed by atoms with Gasteiger partial charge in [0.15, 0.2) is 6.29 Å². The number of rotatable bonds is 6. The summed E-state index contributed by atoms with van der Waals surface area (Å²) >= 11 is 0. The van der Waals surface area contributed by atoms with Gasteiger partial charge < -0.3 is 9.47 Å². The summed E-state index contributed by atoms with van der Waals surface area (Å²) in [5.74, 6) is 0. The van der Waals surface area contributed by atoms with Gasteiger partial charge in [-0.05, 0) is 25.0 Å². The molecular weight excluding hydrogens is 192 g/mol. The summed E-state index contributed by atoms with van der Waals surface area (Å²) in [6.07, 6.45) is 7.76. The van der Waals surface area contributed by atoms with Crippen molar-refractivity contribution in [3.8, 4) is 0 Å². The summed E-state index contributed by atoms with van der Waals surface area (Å²) in [6.45, 7) is 3.67. The summed E-state index contributed by atoms with van der Waals surface area (Å²) in [7, 11) is 3.18. The van der Waals surface area contributed by atoms with Gasteiger partial charge in [-0.25, -0.2) is 0 Å². The first-order valence-corrected chi connectivity index (χ1v) is 4.68. The standard InChI is InChI=1S/C12H18O3/c1-10(9-13)7-5-6-8-11(2)12(14-3)15-4/h5-9,12H,1-4H3/b6-5+,10-7+,11-8+. The normalized spacial score (nSPS) is 13.9. The Morgan fingerprint density at radius 2 is 1.60 bits per heavy atom. The zero-order valence-electron chi connectivity index (χ0n) is 9.69. The van der Waals surface area contributed by atoms with Crippen molar-refractivity contribution in [2.45, 2.75) is 20.1 Å². The van der Waals surface area contributed by atoms with Crippen molar-refractivity contribution < 1.29 is 14.3 Å². The van der Waals surface area contributed by atoms with E-state index in [1.54, 1.807) is 33.3 Å². The molecule has 0 aliphatic rings. The molecule has 0 amide bonds. The van der Waals surface area contributed by atoms with Gasteiger partial charge in [-0.3, -0.25) is 4.79 Å². The topological polar surface area (TPSA) is 35.5 Å². The highest BCUT2D eigenvalue weighted by Crippen LogP contribution is 2.05. The van der Waals surface area contributed by atoms with E-state index in [1.807, 2.05) is 19.1 Å². The van der Waals surface area contributed by atoms with Crippen LogP contribution in [-0.4, -0.2) is 26.8 Å². The first kappa shape index (κ1) is 13.8. The molecule has 3 heteroatoms. The Kier molecular flexibility index (Phi) is 7.50. The lowest BCUT2D eigenvalue weighted by Crippen LogP contribution is -2.13. The molecule has 0 spiro atoms. The molecule has 84 valence electrons. The second-order valence-electron chi connectivity index (χ2n) is 3.13. The molecule has 0 atom stereocenters. The van der Waals surface area contributed by atoms with E-state index in [9.17, 15) is 4.79 Å². The number of carbonyl (C=O) groups is 1. The maximum Gasteiger partial charge on any atom is 0.179 e. The van der Waals surface area contributed by atoms with Crippen LogP contribution in [-0.2, 0) is 14.3 Å². The fourth-order valence-corrected chi connectivity index (χ4v) is 1.00. The molecule has 0 saturated carbocycles. The first-order chi connectivity index (χ1) is 7.15. The summed E-state index contributed by atoms with van der Waals surface area (Å²) in [5.41, 5.74) is 1.65. The molecule has 0 heterocycles. The number of aldehydes is 1. The van der Waals surface area contributed by atoms with Gasteiger partial charge in [0, 0.05) is 14.2 Å². The average molecular weight is 210 g/mol. The van der Waals surface area contributed by atoms with Gasteiger partial charge in [-0.15, -0.1) is 0 Å². The predicted molar refractivity (Wildman–Crippen MR) is 60.5 cm³/mol. The quantitative estimate of drug-likeness (QED) is 0.292. The van der Waals surface area contributed by atoms with Crippen LogP contribution in [0.3, 0.4) is 0 Å². The fraction of sp³-hybridized carbons (Fsp3) is 0.417. The molecule has 0 aliphatic carbocycles. The molecule has 0 rings (SSSR count). The second-order valence-corrected chi connectivity index (χ2v) is 3.13. The largest absolute Gasteiger partial charge is 0.352 e. The number of methoxy groups -OCH3 is 2. The van der Waals surface area contributed by atoms with Crippen LogP contribution < -0.4 is 0 Å². The van der Waals surface area contributed by atoms with E-state index >= 15 is 0 Å². The van der Waals surface area contributed by atoms with Crippen molar-refractivity contribution >= 4 is 6.29 Å². The molecule has 15 heavy (non-hydrogen) atoms. The van der Waals surface area contributed by atoms with E-state index < -0.39 is 0 Å². The molecule has 0 radical (unpaired) electrons. The van der Waals surface area contributed by atoms with E-state index in [1.165, 1.54) is 0 Å². The molecular formula is C12H18O3. The Morgan fingerprint density at radius 3 is 2.07 bits per heavy atom. The van der Waals surface area contributed by atoms with Crippen LogP contribution in [0.15, 0.2) is 35.5 Å². The second kappa shape index (κ2) is 8.15. The predicted octanol–water partition coefficient (Wildman–Crippen LogP) is 2.25. The monoisotopic (exact) mass is 210 g/mol. The lowest BCUT2D eigenvalue weighted by molar-refractivity contribution is -0.104. The zero-order valence-corrected chi connectivity index (χ0v) is 9.69. The Hall–Kier alpha value is -1.19. The summed E-state index contributed by atoms with van der Waals surface area (Å²) < 4.78 is 10.1. The van der Waals surface area contributed by atoms with Crippen molar-refractivity contribution in [1.82, 2.24) is 0 Å². The molecule has 0 aromatic carbocycles. The molecule has 0 aromatic rings. The van der Waals surface area contributed by atoms with E-state index in [4.69, 9.17) is 9.47 Å². The molecule has 0 aliphatic heterocycles. The number of allylic oxidation sites excluding steroid dienone is 5. The van der Waals surface area contributed by atoms with Crippen LogP contribution in [0.2, 0.25) is 0 Å². The summed E-state index contributed by atoms with van der Waals surface area (Å²) in [5, 5.41) is 0. The molecule has 0 fully saturated rings. The smallest absolute Gasteiger partial charge is 0.179 e. The molecule has 0 unspecified atom stereocenters. The Labute approximate surface area is 91.1 Å². The van der Waals surface area contributed by atoms with E-state index in [0.717, 1.165) is 11.9 Å². The highest BCUT2D eigenvalue weighted by atomic mass is 16.7. The number of ether oxygens (including phenoxy) is 2. The SMILES string of the molecule is COC(OC)/C(C)=C/C=C/C=C(\C)C=O. The van der Waals surface area contributed by atoms with E-state index in [2.05, 4.69) is 0 Å². The van der Waals surface area contributed by atoms with Crippen molar-refractivity contribution in [3.63, 3.8) is 0 Å². The lowest BCUT2D eigenvalue weighted by Gasteiger charge is -2.12. The Balaban J connectivity index is 4.32. The van der Waals surface area contributed by atoms with Crippen LogP contribution in [0.5, 0.6) is 0 Å². The summed E-state index contributed by atoms with van der Waals surface area (Å²) in [4.78, 5) is 10.3. The van der Waals surface area contributed by atoms with E-state index in [-0.39, 0.29) is 6.29 Å². The number of hydrogen-bond donors (Lipinski definition) is 0. The van der Waals surface area contributed by atoms with E-state index in [0.29, 0.717) is 5.57 Å². The first-order valence-electron chi connectivity index (χ1n) is 4.68.